The van der Waals surface area contributed by atoms with Crippen LogP contribution in [0.3, 0.4) is 0 Å². The fourth-order valence-corrected chi connectivity index (χ4v) is 3.35. The predicted molar refractivity (Wildman–Crippen MR) is 109 cm³/mol. The molecule has 6 nitrogen and oxygen atoms in total. The molecule has 0 fully saturated rings. The van der Waals surface area contributed by atoms with E-state index in [1.807, 2.05) is 54.6 Å². The Kier molecular flexibility index (Phi) is 6.06. The van der Waals surface area contributed by atoms with Gasteiger partial charge in [-0.15, -0.1) is 11.3 Å². The zero-order chi connectivity index (χ0) is 20.1. The Labute approximate surface area is 167 Å². The topological polar surface area (TPSA) is 68.7 Å². The van der Waals surface area contributed by atoms with Gasteiger partial charge in [-0.3, -0.25) is 4.79 Å². The molecule has 0 radical (unpaired) electrons. The highest BCUT2D eigenvalue weighted by Crippen LogP contribution is 2.26. The van der Waals surface area contributed by atoms with Crippen LogP contribution in [0, 0.1) is 0 Å². The van der Waals surface area contributed by atoms with E-state index in [2.05, 4.69) is 4.98 Å². The van der Waals surface area contributed by atoms with Crippen molar-refractivity contribution in [3.8, 4) is 16.3 Å². The molecular formula is C21H20N2O4S. The number of hydrogen-bond donors (Lipinski definition) is 0. The summed E-state index contributed by atoms with van der Waals surface area (Å²) in [4.78, 5) is 30.7. The minimum atomic E-state index is -0.927. The number of carbonyl (C=O) groups excluding carboxylic acids is 2. The number of anilines is 1. The molecule has 2 aromatic carbocycles. The molecule has 28 heavy (non-hydrogen) atoms. The summed E-state index contributed by atoms with van der Waals surface area (Å²) in [6.07, 6.45) is -0.927. The average Bonchev–Trinajstić information content (AvgIpc) is 3.23. The van der Waals surface area contributed by atoms with Crippen molar-refractivity contribution >= 4 is 28.9 Å². The van der Waals surface area contributed by atoms with E-state index in [9.17, 15) is 9.59 Å². The van der Waals surface area contributed by atoms with Crippen LogP contribution in [-0.4, -0.2) is 37.1 Å². The van der Waals surface area contributed by atoms with Crippen molar-refractivity contribution < 1.29 is 19.1 Å². The third-order valence-electron chi connectivity index (χ3n) is 4.16. The monoisotopic (exact) mass is 396 g/mol. The van der Waals surface area contributed by atoms with Gasteiger partial charge in [0.25, 0.3) is 5.91 Å². The van der Waals surface area contributed by atoms with Gasteiger partial charge in [0.1, 0.15) is 10.8 Å². The van der Waals surface area contributed by atoms with Crippen LogP contribution in [0.2, 0.25) is 0 Å². The number of aromatic nitrogens is 1. The van der Waals surface area contributed by atoms with Crippen molar-refractivity contribution in [3.63, 3.8) is 0 Å². The van der Waals surface area contributed by atoms with E-state index in [0.717, 1.165) is 17.0 Å². The number of ether oxygens (including phenoxy) is 2. The number of benzene rings is 2. The lowest BCUT2D eigenvalue weighted by Gasteiger charge is -2.21. The van der Waals surface area contributed by atoms with E-state index in [1.165, 1.54) is 16.2 Å². The summed E-state index contributed by atoms with van der Waals surface area (Å²) in [5.74, 6) is -0.196. The quantitative estimate of drug-likeness (QED) is 0.589. The second-order valence-corrected chi connectivity index (χ2v) is 6.90. The molecule has 1 unspecified atom stereocenters. The molecule has 1 heterocycles. The SMILES string of the molecule is COc1ccc(-c2nc(C(=O)OC(C)C(=O)N(C)c3ccccc3)cs2)cc1. The molecule has 0 bridgehead atoms. The standard InChI is InChI=1S/C21H20N2O4S/c1-14(20(24)23(2)16-7-5-4-6-8-16)27-21(25)18-13-28-19(22-18)15-9-11-17(26-3)12-10-15/h4-14H,1-3H3. The molecule has 0 spiro atoms. The van der Waals surface area contributed by atoms with Gasteiger partial charge in [-0.2, -0.15) is 0 Å². The Hall–Kier alpha value is -3.19. The third-order valence-corrected chi connectivity index (χ3v) is 5.05. The summed E-state index contributed by atoms with van der Waals surface area (Å²) in [5.41, 5.74) is 1.78. The van der Waals surface area contributed by atoms with Crippen LogP contribution in [0.25, 0.3) is 10.6 Å². The van der Waals surface area contributed by atoms with Gasteiger partial charge in [0.2, 0.25) is 0 Å². The second-order valence-electron chi connectivity index (χ2n) is 6.05. The van der Waals surface area contributed by atoms with Gasteiger partial charge in [0.05, 0.1) is 7.11 Å². The summed E-state index contributed by atoms with van der Waals surface area (Å²) < 4.78 is 10.5. The summed E-state index contributed by atoms with van der Waals surface area (Å²) >= 11 is 1.33. The Bertz CT molecular complexity index is 954. The number of methoxy groups -OCH3 is 1. The van der Waals surface area contributed by atoms with Crippen LogP contribution in [0.4, 0.5) is 5.69 Å². The maximum absolute atomic E-state index is 12.5. The van der Waals surface area contributed by atoms with Crippen molar-refractivity contribution in [1.29, 1.82) is 0 Å². The molecule has 0 aliphatic heterocycles. The van der Waals surface area contributed by atoms with Gasteiger partial charge in [-0.25, -0.2) is 9.78 Å². The summed E-state index contributed by atoms with van der Waals surface area (Å²) in [7, 11) is 3.25. The smallest absolute Gasteiger partial charge is 0.358 e. The summed E-state index contributed by atoms with van der Waals surface area (Å²) in [6, 6.07) is 16.6. The zero-order valence-electron chi connectivity index (χ0n) is 15.8. The van der Waals surface area contributed by atoms with Crippen LogP contribution < -0.4 is 9.64 Å². The minimum absolute atomic E-state index is 0.179. The Balaban J connectivity index is 1.65. The number of hydrogen-bond acceptors (Lipinski definition) is 6. The molecule has 0 saturated heterocycles. The molecule has 1 aromatic heterocycles. The van der Waals surface area contributed by atoms with Crippen LogP contribution in [0.15, 0.2) is 60.0 Å². The van der Waals surface area contributed by atoms with E-state index in [-0.39, 0.29) is 11.6 Å². The molecule has 0 saturated carbocycles. The predicted octanol–water partition coefficient (Wildman–Crippen LogP) is 4.03. The highest BCUT2D eigenvalue weighted by molar-refractivity contribution is 7.13. The zero-order valence-corrected chi connectivity index (χ0v) is 16.6. The van der Waals surface area contributed by atoms with E-state index in [4.69, 9.17) is 9.47 Å². The Morgan fingerprint density at radius 1 is 1.07 bits per heavy atom. The minimum Gasteiger partial charge on any atom is -0.497 e. The molecule has 1 atom stereocenters. The lowest BCUT2D eigenvalue weighted by Crippen LogP contribution is -2.37. The molecule has 3 rings (SSSR count). The van der Waals surface area contributed by atoms with E-state index < -0.39 is 12.1 Å². The lowest BCUT2D eigenvalue weighted by molar-refractivity contribution is -0.126. The maximum Gasteiger partial charge on any atom is 0.358 e. The van der Waals surface area contributed by atoms with Gasteiger partial charge in [-0.05, 0) is 43.3 Å². The van der Waals surface area contributed by atoms with Crippen LogP contribution in [0.5, 0.6) is 5.75 Å². The number of carbonyl (C=O) groups is 2. The highest BCUT2D eigenvalue weighted by atomic mass is 32.1. The normalized spacial score (nSPS) is 11.5. The number of likely N-dealkylation sites (N-methyl/N-ethyl adjacent to an activating group) is 1. The molecule has 0 N–H and O–H groups in total. The largest absolute Gasteiger partial charge is 0.497 e. The number of thiazole rings is 1. The lowest BCUT2D eigenvalue weighted by atomic mass is 10.2. The second kappa shape index (κ2) is 8.67. The fourth-order valence-electron chi connectivity index (χ4n) is 2.56. The fraction of sp³-hybridized carbons (Fsp3) is 0.190. The number of amides is 1. The van der Waals surface area contributed by atoms with Crippen LogP contribution in [0.1, 0.15) is 17.4 Å². The first-order valence-corrected chi connectivity index (χ1v) is 9.51. The molecule has 144 valence electrons. The first-order valence-electron chi connectivity index (χ1n) is 8.63. The van der Waals surface area contributed by atoms with Gasteiger partial charge >= 0.3 is 5.97 Å². The highest BCUT2D eigenvalue weighted by Gasteiger charge is 2.24. The van der Waals surface area contributed by atoms with Gasteiger partial charge in [0, 0.05) is 23.7 Å². The first-order chi connectivity index (χ1) is 13.5. The van der Waals surface area contributed by atoms with Crippen molar-refractivity contribution in [2.24, 2.45) is 0 Å². The summed E-state index contributed by atoms with van der Waals surface area (Å²) in [6.45, 7) is 1.55. The summed E-state index contributed by atoms with van der Waals surface area (Å²) in [5, 5.41) is 2.31. The van der Waals surface area contributed by atoms with Crippen LogP contribution in [-0.2, 0) is 9.53 Å². The third kappa shape index (κ3) is 4.37. The maximum atomic E-state index is 12.5. The molecule has 0 aliphatic rings. The van der Waals surface area contributed by atoms with Gasteiger partial charge in [-0.1, -0.05) is 18.2 Å². The average molecular weight is 396 g/mol. The van der Waals surface area contributed by atoms with Crippen molar-refractivity contribution in [1.82, 2.24) is 4.98 Å². The molecule has 0 aliphatic carbocycles. The molecule has 7 heteroatoms. The number of esters is 1. The molecule has 3 aromatic rings. The molecule has 1 amide bonds. The Morgan fingerprint density at radius 3 is 2.39 bits per heavy atom. The number of nitrogens with zero attached hydrogens (tertiary/aromatic N) is 2. The van der Waals surface area contributed by atoms with E-state index in [1.54, 1.807) is 26.5 Å². The molecular weight excluding hydrogens is 376 g/mol. The van der Waals surface area contributed by atoms with Crippen molar-refractivity contribution in [3.05, 3.63) is 65.7 Å². The van der Waals surface area contributed by atoms with Gasteiger partial charge in [0.15, 0.2) is 11.8 Å². The van der Waals surface area contributed by atoms with Crippen LogP contribution >= 0.6 is 11.3 Å². The van der Waals surface area contributed by atoms with E-state index >= 15 is 0 Å². The Morgan fingerprint density at radius 2 is 1.75 bits per heavy atom. The number of para-hydroxylation sites is 1. The number of rotatable bonds is 6. The van der Waals surface area contributed by atoms with Crippen molar-refractivity contribution in [2.75, 3.05) is 19.1 Å². The van der Waals surface area contributed by atoms with Crippen molar-refractivity contribution in [2.45, 2.75) is 13.0 Å². The first kappa shape index (κ1) is 19.6. The van der Waals surface area contributed by atoms with E-state index in [0.29, 0.717) is 5.01 Å². The van der Waals surface area contributed by atoms with Gasteiger partial charge < -0.3 is 14.4 Å².